The first-order valence-corrected chi connectivity index (χ1v) is 6.21. The van der Waals surface area contributed by atoms with E-state index in [0.29, 0.717) is 18.9 Å². The Balaban J connectivity index is 2.84. The molecule has 2 atom stereocenters. The van der Waals surface area contributed by atoms with Crippen LogP contribution in [0.1, 0.15) is 40.0 Å². The number of carbonyl (C=O) groups is 2. The smallest absolute Gasteiger partial charge is 0.230 e. The first-order valence-electron chi connectivity index (χ1n) is 6.21. The monoisotopic (exact) mass is 241 g/mol. The lowest BCUT2D eigenvalue weighted by molar-refractivity contribution is -0.144. The number of nitrogens with one attached hydrogen (secondary N) is 1. The molecule has 2 unspecified atom stereocenters. The van der Waals surface area contributed by atoms with E-state index in [9.17, 15) is 9.59 Å². The molecule has 1 aliphatic rings. The summed E-state index contributed by atoms with van der Waals surface area (Å²) in [4.78, 5) is 23.5. The maximum absolute atomic E-state index is 11.9. The van der Waals surface area contributed by atoms with E-state index in [1.807, 2.05) is 6.92 Å². The molecule has 0 aromatic carbocycles. The van der Waals surface area contributed by atoms with Gasteiger partial charge in [0.2, 0.25) is 11.8 Å². The average molecular weight is 241 g/mol. The van der Waals surface area contributed by atoms with Crippen LogP contribution >= 0.6 is 0 Å². The molecule has 2 amide bonds. The van der Waals surface area contributed by atoms with E-state index in [0.717, 1.165) is 12.8 Å². The molecule has 1 N–H and O–H groups in total. The van der Waals surface area contributed by atoms with Crippen molar-refractivity contribution in [2.24, 2.45) is 17.3 Å². The summed E-state index contributed by atoms with van der Waals surface area (Å²) in [5.41, 5.74) is -0.264. The molecule has 1 saturated heterocycles. The number of piperidine rings is 1. The van der Waals surface area contributed by atoms with Crippen molar-refractivity contribution in [3.8, 4) is 0 Å². The van der Waals surface area contributed by atoms with Gasteiger partial charge in [-0.2, -0.15) is 0 Å². The fraction of sp³-hybridized carbons (Fsp3) is 0.846. The van der Waals surface area contributed by atoms with Gasteiger partial charge in [-0.05, 0) is 24.2 Å². The molecule has 98 valence electrons. The summed E-state index contributed by atoms with van der Waals surface area (Å²) in [6, 6.07) is 0. The molecule has 4 nitrogen and oxygen atoms in total. The quantitative estimate of drug-likeness (QED) is 0.746. The van der Waals surface area contributed by atoms with Gasteiger partial charge in [-0.3, -0.25) is 14.9 Å². The minimum atomic E-state index is -0.264. The third-order valence-electron chi connectivity index (χ3n) is 3.57. The highest BCUT2D eigenvalue weighted by atomic mass is 16.5. The van der Waals surface area contributed by atoms with E-state index in [-0.39, 0.29) is 23.1 Å². The van der Waals surface area contributed by atoms with Gasteiger partial charge < -0.3 is 4.74 Å². The molecular weight excluding hydrogens is 218 g/mol. The molecule has 0 saturated carbocycles. The zero-order valence-electron chi connectivity index (χ0n) is 11.2. The Labute approximate surface area is 103 Å². The summed E-state index contributed by atoms with van der Waals surface area (Å²) in [6.07, 6.45) is 1.98. The van der Waals surface area contributed by atoms with Gasteiger partial charge in [0.25, 0.3) is 0 Å². The van der Waals surface area contributed by atoms with E-state index in [4.69, 9.17) is 4.74 Å². The highest BCUT2D eigenvalue weighted by molar-refractivity contribution is 5.99. The highest BCUT2D eigenvalue weighted by Gasteiger charge is 2.44. The third-order valence-corrected chi connectivity index (χ3v) is 3.57. The second-order valence-electron chi connectivity index (χ2n) is 5.67. The Bertz CT molecular complexity index is 301. The second-order valence-corrected chi connectivity index (χ2v) is 5.67. The first kappa shape index (κ1) is 14.2. The average Bonchev–Trinajstić information content (AvgIpc) is 2.20. The summed E-state index contributed by atoms with van der Waals surface area (Å²) >= 11 is 0. The van der Waals surface area contributed by atoms with E-state index in [1.54, 1.807) is 7.11 Å². The largest absolute Gasteiger partial charge is 0.385 e. The van der Waals surface area contributed by atoms with Crippen LogP contribution in [0, 0.1) is 17.3 Å². The maximum atomic E-state index is 11.9. The zero-order valence-corrected chi connectivity index (χ0v) is 11.2. The number of ether oxygens (including phenoxy) is 1. The summed E-state index contributed by atoms with van der Waals surface area (Å²) in [6.45, 7) is 6.81. The Morgan fingerprint density at radius 2 is 2.12 bits per heavy atom. The Kier molecular flexibility index (Phi) is 4.69. The van der Waals surface area contributed by atoms with Crippen LogP contribution in [0.3, 0.4) is 0 Å². The predicted octanol–water partition coefficient (Wildman–Crippen LogP) is 1.74. The summed E-state index contributed by atoms with van der Waals surface area (Å²) in [7, 11) is 1.64. The van der Waals surface area contributed by atoms with Crippen LogP contribution in [-0.4, -0.2) is 25.5 Å². The number of hydrogen-bond acceptors (Lipinski definition) is 3. The van der Waals surface area contributed by atoms with Gasteiger partial charge in [-0.1, -0.05) is 20.8 Å². The second kappa shape index (κ2) is 5.63. The normalized spacial score (nSPS) is 29.6. The van der Waals surface area contributed by atoms with Gasteiger partial charge in [0.05, 0.1) is 0 Å². The first-order chi connectivity index (χ1) is 7.89. The lowest BCUT2D eigenvalue weighted by Crippen LogP contribution is -2.51. The molecule has 1 fully saturated rings. The molecule has 0 spiro atoms. The Hall–Kier alpha value is -0.900. The molecule has 0 aromatic rings. The molecule has 0 aliphatic carbocycles. The van der Waals surface area contributed by atoms with E-state index in [2.05, 4.69) is 19.2 Å². The molecular formula is C13H23NO3. The van der Waals surface area contributed by atoms with Crippen LogP contribution in [-0.2, 0) is 14.3 Å². The lowest BCUT2D eigenvalue weighted by atomic mass is 9.67. The van der Waals surface area contributed by atoms with Crippen LogP contribution in [0.5, 0.6) is 0 Å². The number of rotatable bonds is 5. The van der Waals surface area contributed by atoms with Gasteiger partial charge in [0, 0.05) is 26.1 Å². The SMILES string of the molecule is COCCC1(C)CC(=O)NC(=O)C1CC(C)C. The van der Waals surface area contributed by atoms with Gasteiger partial charge in [0.15, 0.2) is 0 Å². The van der Waals surface area contributed by atoms with Gasteiger partial charge in [0.1, 0.15) is 0 Å². The number of hydrogen-bond donors (Lipinski definition) is 1. The van der Waals surface area contributed by atoms with Gasteiger partial charge in [-0.25, -0.2) is 0 Å². The molecule has 0 radical (unpaired) electrons. The van der Waals surface area contributed by atoms with Crippen LogP contribution in [0.25, 0.3) is 0 Å². The lowest BCUT2D eigenvalue weighted by Gasteiger charge is -2.40. The third kappa shape index (κ3) is 3.53. The van der Waals surface area contributed by atoms with E-state index < -0.39 is 0 Å². The van der Waals surface area contributed by atoms with Crippen molar-refractivity contribution in [1.82, 2.24) is 5.32 Å². The highest BCUT2D eigenvalue weighted by Crippen LogP contribution is 2.41. The number of amides is 2. The maximum Gasteiger partial charge on any atom is 0.230 e. The number of imide groups is 1. The minimum absolute atomic E-state index is 0.0876. The summed E-state index contributed by atoms with van der Waals surface area (Å²) in [5, 5.41) is 2.45. The summed E-state index contributed by atoms with van der Waals surface area (Å²) < 4.78 is 5.09. The Morgan fingerprint density at radius 3 is 2.65 bits per heavy atom. The van der Waals surface area contributed by atoms with Crippen molar-refractivity contribution < 1.29 is 14.3 Å². The standard InChI is InChI=1S/C13H23NO3/c1-9(2)7-10-12(16)14-11(15)8-13(10,3)5-6-17-4/h9-10H,5-8H2,1-4H3,(H,14,15,16). The topological polar surface area (TPSA) is 55.4 Å². The van der Waals surface area contributed by atoms with Gasteiger partial charge in [-0.15, -0.1) is 0 Å². The molecule has 4 heteroatoms. The van der Waals surface area contributed by atoms with Crippen LogP contribution < -0.4 is 5.32 Å². The van der Waals surface area contributed by atoms with Crippen molar-refractivity contribution >= 4 is 11.8 Å². The molecule has 1 rings (SSSR count). The molecule has 1 aliphatic heterocycles. The van der Waals surface area contributed by atoms with Crippen molar-refractivity contribution in [3.63, 3.8) is 0 Å². The van der Waals surface area contributed by atoms with Gasteiger partial charge >= 0.3 is 0 Å². The van der Waals surface area contributed by atoms with Crippen molar-refractivity contribution in [2.75, 3.05) is 13.7 Å². The minimum Gasteiger partial charge on any atom is -0.385 e. The van der Waals surface area contributed by atoms with E-state index >= 15 is 0 Å². The van der Waals surface area contributed by atoms with E-state index in [1.165, 1.54) is 0 Å². The zero-order chi connectivity index (χ0) is 13.1. The summed E-state index contributed by atoms with van der Waals surface area (Å²) in [5.74, 6) is 0.0818. The van der Waals surface area contributed by atoms with Crippen molar-refractivity contribution in [1.29, 1.82) is 0 Å². The number of carbonyl (C=O) groups excluding carboxylic acids is 2. The fourth-order valence-corrected chi connectivity index (χ4v) is 2.54. The molecule has 0 bridgehead atoms. The number of methoxy groups -OCH3 is 1. The van der Waals surface area contributed by atoms with Crippen LogP contribution in [0.4, 0.5) is 0 Å². The molecule has 17 heavy (non-hydrogen) atoms. The molecule has 1 heterocycles. The van der Waals surface area contributed by atoms with Crippen LogP contribution in [0.15, 0.2) is 0 Å². The Morgan fingerprint density at radius 1 is 1.47 bits per heavy atom. The predicted molar refractivity (Wildman–Crippen MR) is 65.3 cm³/mol. The van der Waals surface area contributed by atoms with Crippen molar-refractivity contribution in [3.05, 3.63) is 0 Å². The van der Waals surface area contributed by atoms with Crippen LogP contribution in [0.2, 0.25) is 0 Å². The fourth-order valence-electron chi connectivity index (χ4n) is 2.54. The van der Waals surface area contributed by atoms with Crippen molar-refractivity contribution in [2.45, 2.75) is 40.0 Å². The molecule has 0 aromatic heterocycles.